The van der Waals surface area contributed by atoms with Gasteiger partial charge in [-0.1, -0.05) is 23.7 Å². The van der Waals surface area contributed by atoms with Crippen LogP contribution in [0, 0.1) is 5.41 Å². The van der Waals surface area contributed by atoms with Crippen LogP contribution in [0.2, 0.25) is 0 Å². The highest BCUT2D eigenvalue weighted by Crippen LogP contribution is 2.26. The van der Waals surface area contributed by atoms with E-state index in [9.17, 15) is 13.2 Å². The van der Waals surface area contributed by atoms with Crippen LogP contribution in [0.4, 0.5) is 13.2 Å². The lowest BCUT2D eigenvalue weighted by Gasteiger charge is -2.11. The van der Waals surface area contributed by atoms with Gasteiger partial charge < -0.3 is 4.74 Å². The van der Waals surface area contributed by atoms with E-state index in [4.69, 9.17) is 17.0 Å². The summed E-state index contributed by atoms with van der Waals surface area (Å²) in [6, 6.07) is 5.20. The fourth-order valence-electron chi connectivity index (χ4n) is 0.862. The van der Waals surface area contributed by atoms with E-state index < -0.39 is 17.3 Å². The van der Waals surface area contributed by atoms with Gasteiger partial charge in [0.1, 0.15) is 10.9 Å². The van der Waals surface area contributed by atoms with Crippen molar-refractivity contribution in [1.82, 2.24) is 0 Å². The molecule has 0 aliphatic heterocycles. The Hall–Kier alpha value is -1.23. The Labute approximate surface area is 82.8 Å². The summed E-state index contributed by atoms with van der Waals surface area (Å²) in [5, 5.41) is 6.51. The van der Waals surface area contributed by atoms with Crippen LogP contribution < -0.4 is 4.74 Å². The number of benzene rings is 1. The fraction of sp³-hybridized carbons (Fsp3) is 0.125. The average Bonchev–Trinajstić information content (AvgIpc) is 2.01. The third-order valence-electron chi connectivity index (χ3n) is 1.35. The van der Waals surface area contributed by atoms with Gasteiger partial charge in [-0.15, -0.1) is 13.2 Å². The second-order valence-electron chi connectivity index (χ2n) is 2.36. The number of alkyl halides is 3. The summed E-state index contributed by atoms with van der Waals surface area (Å²) in [5.41, 5.74) is -0.0912. The molecular formula is C8H5ClF3NO. The molecule has 0 atom stereocenters. The summed E-state index contributed by atoms with van der Waals surface area (Å²) < 4.78 is 39.2. The van der Waals surface area contributed by atoms with E-state index in [-0.39, 0.29) is 5.56 Å². The molecule has 1 rings (SSSR count). The van der Waals surface area contributed by atoms with Gasteiger partial charge in [-0.3, -0.25) is 5.41 Å². The third kappa shape index (κ3) is 2.92. The predicted molar refractivity (Wildman–Crippen MR) is 45.8 cm³/mol. The molecule has 0 radical (unpaired) electrons. The van der Waals surface area contributed by atoms with Gasteiger partial charge in [-0.2, -0.15) is 0 Å². The zero-order valence-corrected chi connectivity index (χ0v) is 7.49. The topological polar surface area (TPSA) is 33.1 Å². The molecule has 1 N–H and O–H groups in total. The van der Waals surface area contributed by atoms with Gasteiger partial charge in [0.05, 0.1) is 5.56 Å². The first kappa shape index (κ1) is 10.8. The van der Waals surface area contributed by atoms with Crippen LogP contribution in [-0.2, 0) is 0 Å². The van der Waals surface area contributed by atoms with Gasteiger partial charge in [-0.25, -0.2) is 0 Å². The Morgan fingerprint density at radius 1 is 1.29 bits per heavy atom. The minimum absolute atomic E-state index is 0.0912. The summed E-state index contributed by atoms with van der Waals surface area (Å²) in [4.78, 5) is 0. The maximum atomic E-state index is 11.8. The van der Waals surface area contributed by atoms with Crippen molar-refractivity contribution in [3.63, 3.8) is 0 Å². The highest BCUT2D eigenvalue weighted by atomic mass is 35.5. The minimum Gasteiger partial charge on any atom is -0.405 e. The van der Waals surface area contributed by atoms with Crippen molar-refractivity contribution < 1.29 is 17.9 Å². The van der Waals surface area contributed by atoms with Crippen molar-refractivity contribution in [2.24, 2.45) is 0 Å². The minimum atomic E-state index is -4.78. The monoisotopic (exact) mass is 223 g/mol. The second kappa shape index (κ2) is 3.88. The number of hydrogen-bond donors (Lipinski definition) is 1. The number of rotatable bonds is 2. The van der Waals surface area contributed by atoms with Crippen LogP contribution in [0.25, 0.3) is 0 Å². The molecule has 1 aromatic rings. The van der Waals surface area contributed by atoms with Crippen molar-refractivity contribution in [3.05, 3.63) is 29.8 Å². The first-order valence-electron chi connectivity index (χ1n) is 3.49. The lowest BCUT2D eigenvalue weighted by atomic mass is 10.2. The van der Waals surface area contributed by atoms with E-state index in [0.29, 0.717) is 0 Å². The molecule has 1 aromatic carbocycles. The molecular weight excluding hydrogens is 219 g/mol. The molecule has 76 valence electrons. The van der Waals surface area contributed by atoms with E-state index in [2.05, 4.69) is 4.74 Å². The molecule has 0 aliphatic carbocycles. The number of ether oxygens (including phenoxy) is 1. The van der Waals surface area contributed by atoms with Gasteiger partial charge in [0.25, 0.3) is 0 Å². The highest BCUT2D eigenvalue weighted by Gasteiger charge is 2.32. The largest absolute Gasteiger partial charge is 0.573 e. The summed E-state index contributed by atoms with van der Waals surface area (Å²) >= 11 is 5.27. The first-order chi connectivity index (χ1) is 6.40. The molecule has 0 bridgehead atoms. The Morgan fingerprint density at radius 3 is 2.36 bits per heavy atom. The first-order valence-corrected chi connectivity index (χ1v) is 3.87. The van der Waals surface area contributed by atoms with E-state index >= 15 is 0 Å². The lowest BCUT2D eigenvalue weighted by molar-refractivity contribution is -0.274. The van der Waals surface area contributed by atoms with Crippen LogP contribution in [0.5, 0.6) is 5.75 Å². The van der Waals surface area contributed by atoms with Crippen LogP contribution in [-0.4, -0.2) is 11.5 Å². The zero-order valence-electron chi connectivity index (χ0n) is 6.73. The van der Waals surface area contributed by atoms with Crippen molar-refractivity contribution in [2.75, 3.05) is 0 Å². The Morgan fingerprint density at radius 2 is 1.86 bits per heavy atom. The van der Waals surface area contributed by atoms with Crippen LogP contribution in [0.15, 0.2) is 24.3 Å². The van der Waals surface area contributed by atoms with Crippen molar-refractivity contribution >= 4 is 16.8 Å². The molecule has 0 aromatic heterocycles. The Balaban J connectivity index is 3.02. The predicted octanol–water partition coefficient (Wildman–Crippen LogP) is 3.15. The van der Waals surface area contributed by atoms with E-state index in [1.54, 1.807) is 0 Å². The molecule has 0 amide bonds. The van der Waals surface area contributed by atoms with Crippen LogP contribution in [0.1, 0.15) is 5.56 Å². The Kier molecular flexibility index (Phi) is 3.00. The van der Waals surface area contributed by atoms with Crippen molar-refractivity contribution in [1.29, 1.82) is 5.41 Å². The number of nitrogens with one attached hydrogen (secondary N) is 1. The van der Waals surface area contributed by atoms with Crippen molar-refractivity contribution in [3.8, 4) is 5.75 Å². The molecule has 0 spiro atoms. The van der Waals surface area contributed by atoms with E-state index in [1.807, 2.05) is 0 Å². The molecule has 0 heterocycles. The summed E-state index contributed by atoms with van der Waals surface area (Å²) in [6.45, 7) is 0. The maximum Gasteiger partial charge on any atom is 0.573 e. The molecule has 0 saturated carbocycles. The number of halogens is 4. The smallest absolute Gasteiger partial charge is 0.405 e. The molecule has 2 nitrogen and oxygen atoms in total. The average molecular weight is 224 g/mol. The van der Waals surface area contributed by atoms with E-state index in [1.165, 1.54) is 18.2 Å². The van der Waals surface area contributed by atoms with Gasteiger partial charge in [0.15, 0.2) is 0 Å². The maximum absolute atomic E-state index is 11.8. The number of hydrogen-bond acceptors (Lipinski definition) is 2. The van der Waals surface area contributed by atoms with Gasteiger partial charge in [0, 0.05) is 0 Å². The molecule has 6 heteroatoms. The third-order valence-corrected chi connectivity index (χ3v) is 1.55. The summed E-state index contributed by atoms with van der Waals surface area (Å²) in [5.74, 6) is -0.472. The summed E-state index contributed by atoms with van der Waals surface area (Å²) in [6.07, 6.45) is -4.78. The van der Waals surface area contributed by atoms with Gasteiger partial charge in [-0.05, 0) is 12.1 Å². The summed E-state index contributed by atoms with van der Waals surface area (Å²) in [7, 11) is 0. The Bertz CT molecular complexity index is 351. The standard InChI is InChI=1S/C8H5ClF3NO/c9-7(13)5-3-1-2-4-6(5)14-8(10,11)12/h1-4,13H. The molecule has 0 unspecified atom stereocenters. The number of para-hydroxylation sites is 1. The fourth-order valence-corrected chi connectivity index (χ4v) is 1.02. The highest BCUT2D eigenvalue weighted by molar-refractivity contribution is 6.69. The molecule has 14 heavy (non-hydrogen) atoms. The second-order valence-corrected chi connectivity index (χ2v) is 2.74. The molecule has 0 aliphatic rings. The van der Waals surface area contributed by atoms with Crippen LogP contribution >= 0.6 is 11.6 Å². The molecule has 0 fully saturated rings. The SMILES string of the molecule is N=C(Cl)c1ccccc1OC(F)(F)F. The quantitative estimate of drug-likeness (QED) is 0.768. The normalized spacial score (nSPS) is 11.1. The van der Waals surface area contributed by atoms with E-state index in [0.717, 1.165) is 6.07 Å². The lowest BCUT2D eigenvalue weighted by Crippen LogP contribution is -2.18. The van der Waals surface area contributed by atoms with Crippen molar-refractivity contribution in [2.45, 2.75) is 6.36 Å². The van der Waals surface area contributed by atoms with Crippen LogP contribution in [0.3, 0.4) is 0 Å². The molecule has 0 saturated heterocycles. The zero-order chi connectivity index (χ0) is 10.8. The van der Waals surface area contributed by atoms with Gasteiger partial charge in [0.2, 0.25) is 0 Å². The van der Waals surface area contributed by atoms with Gasteiger partial charge >= 0.3 is 6.36 Å².